The van der Waals surface area contributed by atoms with Crippen LogP contribution in [0.2, 0.25) is 0 Å². The van der Waals surface area contributed by atoms with Crippen LogP contribution in [0.4, 0.5) is 11.6 Å². The molecule has 0 atom stereocenters. The Morgan fingerprint density at radius 1 is 1.39 bits per heavy atom. The highest BCUT2D eigenvalue weighted by molar-refractivity contribution is 5.43. The molecule has 0 aliphatic carbocycles. The van der Waals surface area contributed by atoms with Gasteiger partial charge >= 0.3 is 0 Å². The number of anilines is 2. The highest BCUT2D eigenvalue weighted by atomic mass is 16.5. The number of rotatable bonds is 9. The monoisotopic (exact) mass is 254 g/mol. The molecule has 0 aliphatic heterocycles. The second kappa shape index (κ2) is 8.66. The van der Waals surface area contributed by atoms with Crippen molar-refractivity contribution in [2.24, 2.45) is 0 Å². The third kappa shape index (κ3) is 5.29. The molecule has 1 aromatic heterocycles. The van der Waals surface area contributed by atoms with Gasteiger partial charge in [0.05, 0.1) is 32.2 Å². The first-order chi connectivity index (χ1) is 8.77. The molecular weight excluding hydrogens is 232 g/mol. The molecule has 0 saturated carbocycles. The summed E-state index contributed by atoms with van der Waals surface area (Å²) in [6.07, 6.45) is 4.50. The van der Waals surface area contributed by atoms with Crippen molar-refractivity contribution in [3.8, 4) is 0 Å². The van der Waals surface area contributed by atoms with Crippen LogP contribution in [0.1, 0.15) is 13.3 Å². The molecule has 0 unspecified atom stereocenters. The summed E-state index contributed by atoms with van der Waals surface area (Å²) >= 11 is 0. The molecule has 1 rings (SSSR count). The van der Waals surface area contributed by atoms with Crippen molar-refractivity contribution in [1.29, 1.82) is 0 Å². The Kier molecular flexibility index (Phi) is 7.05. The molecule has 6 nitrogen and oxygen atoms in total. The topological polar surface area (TPSA) is 70.5 Å². The van der Waals surface area contributed by atoms with Gasteiger partial charge < -0.3 is 20.1 Å². The summed E-state index contributed by atoms with van der Waals surface area (Å²) in [6.45, 7) is 4.70. The number of hydrogen-bond acceptors (Lipinski definition) is 6. The summed E-state index contributed by atoms with van der Waals surface area (Å²) in [7, 11) is 1.94. The van der Waals surface area contributed by atoms with Crippen LogP contribution in [0.15, 0.2) is 12.4 Å². The van der Waals surface area contributed by atoms with Crippen molar-refractivity contribution in [2.45, 2.75) is 13.3 Å². The molecular formula is C12H22N4O2. The van der Waals surface area contributed by atoms with Crippen LogP contribution in [-0.2, 0) is 4.74 Å². The largest absolute Gasteiger partial charge is 0.394 e. The van der Waals surface area contributed by atoms with E-state index in [9.17, 15) is 0 Å². The van der Waals surface area contributed by atoms with Crippen LogP contribution in [0, 0.1) is 0 Å². The molecule has 0 aromatic carbocycles. The number of likely N-dealkylation sites (N-methyl/N-ethyl adjacent to an activating group) is 1. The fourth-order valence-corrected chi connectivity index (χ4v) is 1.36. The zero-order valence-corrected chi connectivity index (χ0v) is 11.1. The van der Waals surface area contributed by atoms with Crippen molar-refractivity contribution < 1.29 is 9.84 Å². The summed E-state index contributed by atoms with van der Waals surface area (Å²) in [6, 6.07) is 0. The standard InChI is InChI=1S/C12H22N4O2/c1-3-4-14-11-9-13-10-12(15-11)16(2)5-7-18-8-6-17/h9-10,17H,3-8H2,1-2H3,(H,14,15). The van der Waals surface area contributed by atoms with Gasteiger partial charge in [0, 0.05) is 20.1 Å². The summed E-state index contributed by atoms with van der Waals surface area (Å²) < 4.78 is 5.21. The van der Waals surface area contributed by atoms with E-state index >= 15 is 0 Å². The molecule has 1 aromatic rings. The molecule has 18 heavy (non-hydrogen) atoms. The Bertz CT molecular complexity index is 336. The van der Waals surface area contributed by atoms with E-state index in [2.05, 4.69) is 22.2 Å². The summed E-state index contributed by atoms with van der Waals surface area (Å²) in [5, 5.41) is 11.8. The average Bonchev–Trinajstić information content (AvgIpc) is 2.41. The van der Waals surface area contributed by atoms with Gasteiger partial charge in [-0.3, -0.25) is 4.98 Å². The number of aliphatic hydroxyl groups excluding tert-OH is 1. The lowest BCUT2D eigenvalue weighted by molar-refractivity contribution is 0.0970. The van der Waals surface area contributed by atoms with Crippen LogP contribution in [0.3, 0.4) is 0 Å². The number of aromatic nitrogens is 2. The minimum absolute atomic E-state index is 0.0555. The Morgan fingerprint density at radius 2 is 2.22 bits per heavy atom. The van der Waals surface area contributed by atoms with Crippen LogP contribution >= 0.6 is 0 Å². The molecule has 0 aliphatic rings. The van der Waals surface area contributed by atoms with Gasteiger partial charge in [0.2, 0.25) is 0 Å². The van der Waals surface area contributed by atoms with Crippen LogP contribution in [-0.4, -0.2) is 55.0 Å². The van der Waals surface area contributed by atoms with Gasteiger partial charge in [0.25, 0.3) is 0 Å². The number of ether oxygens (including phenoxy) is 1. The first kappa shape index (κ1) is 14.7. The number of hydrogen-bond donors (Lipinski definition) is 2. The van der Waals surface area contributed by atoms with Gasteiger partial charge in [0.15, 0.2) is 0 Å². The van der Waals surface area contributed by atoms with Gasteiger partial charge in [-0.2, -0.15) is 0 Å². The fraction of sp³-hybridized carbons (Fsp3) is 0.667. The van der Waals surface area contributed by atoms with Crippen molar-refractivity contribution in [1.82, 2.24) is 9.97 Å². The quantitative estimate of drug-likeness (QED) is 0.634. The van der Waals surface area contributed by atoms with Crippen LogP contribution in [0.25, 0.3) is 0 Å². The third-order valence-electron chi connectivity index (χ3n) is 2.38. The number of nitrogens with one attached hydrogen (secondary N) is 1. The number of nitrogens with zero attached hydrogens (tertiary/aromatic N) is 3. The van der Waals surface area contributed by atoms with E-state index in [1.54, 1.807) is 12.4 Å². The first-order valence-corrected chi connectivity index (χ1v) is 6.23. The van der Waals surface area contributed by atoms with Crippen LogP contribution in [0.5, 0.6) is 0 Å². The second-order valence-corrected chi connectivity index (χ2v) is 3.95. The van der Waals surface area contributed by atoms with E-state index in [4.69, 9.17) is 9.84 Å². The summed E-state index contributed by atoms with van der Waals surface area (Å²) in [4.78, 5) is 10.6. The minimum Gasteiger partial charge on any atom is -0.394 e. The van der Waals surface area contributed by atoms with Gasteiger partial charge in [-0.1, -0.05) is 6.92 Å². The minimum atomic E-state index is 0.0555. The van der Waals surface area contributed by atoms with E-state index in [1.165, 1.54) is 0 Å². The Labute approximate surface area is 108 Å². The van der Waals surface area contributed by atoms with Gasteiger partial charge in [0.1, 0.15) is 11.6 Å². The van der Waals surface area contributed by atoms with Crippen LogP contribution < -0.4 is 10.2 Å². The number of aliphatic hydroxyl groups is 1. The van der Waals surface area contributed by atoms with E-state index in [0.29, 0.717) is 19.8 Å². The van der Waals surface area contributed by atoms with Crippen molar-refractivity contribution in [2.75, 3.05) is 50.2 Å². The highest BCUT2D eigenvalue weighted by Gasteiger charge is 2.04. The lowest BCUT2D eigenvalue weighted by Gasteiger charge is -2.18. The Morgan fingerprint density at radius 3 is 2.94 bits per heavy atom. The Balaban J connectivity index is 2.43. The molecule has 0 spiro atoms. The molecule has 0 radical (unpaired) electrons. The van der Waals surface area contributed by atoms with E-state index < -0.39 is 0 Å². The maximum Gasteiger partial charge on any atom is 0.149 e. The van der Waals surface area contributed by atoms with E-state index in [-0.39, 0.29) is 6.61 Å². The van der Waals surface area contributed by atoms with Crippen molar-refractivity contribution in [3.63, 3.8) is 0 Å². The second-order valence-electron chi connectivity index (χ2n) is 3.95. The zero-order valence-electron chi connectivity index (χ0n) is 11.1. The third-order valence-corrected chi connectivity index (χ3v) is 2.38. The SMILES string of the molecule is CCCNc1cncc(N(C)CCOCCO)n1. The lowest BCUT2D eigenvalue weighted by Crippen LogP contribution is -2.24. The predicted molar refractivity (Wildman–Crippen MR) is 72.0 cm³/mol. The maximum absolute atomic E-state index is 8.60. The highest BCUT2D eigenvalue weighted by Crippen LogP contribution is 2.10. The van der Waals surface area contributed by atoms with Gasteiger partial charge in [-0.05, 0) is 6.42 Å². The molecule has 6 heteroatoms. The summed E-state index contributed by atoms with van der Waals surface area (Å²) in [5.74, 6) is 1.60. The smallest absolute Gasteiger partial charge is 0.149 e. The molecule has 0 fully saturated rings. The molecule has 102 valence electrons. The average molecular weight is 254 g/mol. The first-order valence-electron chi connectivity index (χ1n) is 6.23. The van der Waals surface area contributed by atoms with E-state index in [0.717, 1.165) is 24.6 Å². The van der Waals surface area contributed by atoms with Gasteiger partial charge in [-0.15, -0.1) is 0 Å². The molecule has 0 saturated heterocycles. The molecule has 0 bridgehead atoms. The fourth-order valence-electron chi connectivity index (χ4n) is 1.36. The lowest BCUT2D eigenvalue weighted by atomic mass is 10.4. The maximum atomic E-state index is 8.60. The normalized spacial score (nSPS) is 10.4. The molecule has 2 N–H and O–H groups in total. The van der Waals surface area contributed by atoms with Gasteiger partial charge in [-0.25, -0.2) is 4.98 Å². The predicted octanol–water partition coefficient (Wildman–Crippen LogP) is 0.744. The summed E-state index contributed by atoms with van der Waals surface area (Å²) in [5.41, 5.74) is 0. The molecule has 1 heterocycles. The van der Waals surface area contributed by atoms with E-state index in [1.807, 2.05) is 11.9 Å². The van der Waals surface area contributed by atoms with Crippen molar-refractivity contribution in [3.05, 3.63) is 12.4 Å². The van der Waals surface area contributed by atoms with Crippen molar-refractivity contribution >= 4 is 11.6 Å². The molecule has 0 amide bonds. The zero-order chi connectivity index (χ0) is 13.2. The Hall–Kier alpha value is -1.40.